The number of amides is 5. The van der Waals surface area contributed by atoms with E-state index in [1.54, 1.807) is 36.4 Å². The van der Waals surface area contributed by atoms with Gasteiger partial charge in [-0.3, -0.25) is 33.6 Å². The van der Waals surface area contributed by atoms with Crippen molar-refractivity contribution in [2.75, 3.05) is 25.0 Å². The lowest BCUT2D eigenvalue weighted by Gasteiger charge is -2.59. The van der Waals surface area contributed by atoms with Gasteiger partial charge in [0, 0.05) is 54.2 Å². The van der Waals surface area contributed by atoms with Crippen LogP contribution in [0.5, 0.6) is 0 Å². The van der Waals surface area contributed by atoms with Crippen molar-refractivity contribution in [2.24, 2.45) is 34.3 Å². The lowest BCUT2D eigenvalue weighted by atomic mass is 9.46. The Kier molecular flexibility index (Phi) is 17.1. The molecular formula is C56H70F2N6O14. The Morgan fingerprint density at radius 1 is 0.923 bits per heavy atom. The zero-order valence-corrected chi connectivity index (χ0v) is 43.9. The van der Waals surface area contributed by atoms with Crippen LogP contribution in [0.2, 0.25) is 0 Å². The number of ketones is 2. The molecule has 1 heterocycles. The van der Waals surface area contributed by atoms with Crippen LogP contribution < -0.4 is 32.3 Å². The van der Waals surface area contributed by atoms with Gasteiger partial charge in [0.2, 0.25) is 23.6 Å². The third-order valence-corrected chi connectivity index (χ3v) is 17.1. The van der Waals surface area contributed by atoms with Crippen LogP contribution in [0, 0.1) is 28.6 Å². The maximum Gasteiger partial charge on any atom is 0.407 e. The number of ether oxygens (including phenoxy) is 3. The number of aliphatic hydroxyl groups excluding tert-OH is 2. The van der Waals surface area contributed by atoms with E-state index in [9.17, 15) is 62.5 Å². The number of carboxylic acids is 1. The van der Waals surface area contributed by atoms with E-state index in [4.69, 9.17) is 19.9 Å². The van der Waals surface area contributed by atoms with E-state index < -0.39 is 132 Å². The lowest BCUT2D eigenvalue weighted by molar-refractivity contribution is -0.201. The number of carbonyl (C=O) groups excluding carboxylic acids is 7. The maximum absolute atomic E-state index is 14.6. The number of hydrogen-bond acceptors (Lipinski definition) is 14. The van der Waals surface area contributed by atoms with Gasteiger partial charge < -0.3 is 61.8 Å². The Bertz CT molecular complexity index is 2710. The van der Waals surface area contributed by atoms with Crippen molar-refractivity contribution in [2.45, 2.75) is 152 Å². The topological polar surface area (TPSA) is 311 Å². The van der Waals surface area contributed by atoms with Crippen molar-refractivity contribution in [1.82, 2.24) is 21.3 Å². The molecule has 5 aliphatic carbocycles. The number of alkyl carbamates (subject to hydrolysis) is 1. The molecule has 0 spiro atoms. The number of carboxylic acid groups (broad SMARTS) is 1. The minimum Gasteiger partial charge on any atom is -0.481 e. The first-order valence-electron chi connectivity index (χ1n) is 26.6. The zero-order chi connectivity index (χ0) is 56.4. The second kappa shape index (κ2) is 23.1. The molecule has 6 aliphatic rings. The molecule has 22 heteroatoms. The number of nitrogens with one attached hydrogen (secondary N) is 5. The molecule has 1 unspecified atom stereocenters. The number of fused-ring (bicyclic) bond motifs is 7. The average Bonchev–Trinajstić information content (AvgIpc) is 3.88. The molecule has 1 saturated heterocycles. The predicted octanol–water partition coefficient (Wildman–Crippen LogP) is 3.96. The van der Waals surface area contributed by atoms with Crippen molar-refractivity contribution >= 4 is 52.9 Å². The molecule has 2 aromatic carbocycles. The monoisotopic (exact) mass is 1090 g/mol. The van der Waals surface area contributed by atoms with Gasteiger partial charge in [0.05, 0.1) is 24.3 Å². The van der Waals surface area contributed by atoms with Crippen LogP contribution in [0.3, 0.4) is 0 Å². The van der Waals surface area contributed by atoms with Gasteiger partial charge in [-0.05, 0) is 112 Å². The van der Waals surface area contributed by atoms with Crippen LogP contribution in [-0.2, 0) is 60.8 Å². The van der Waals surface area contributed by atoms with E-state index >= 15 is 0 Å². The van der Waals surface area contributed by atoms with Crippen molar-refractivity contribution in [1.29, 1.82) is 0 Å². The summed E-state index contributed by atoms with van der Waals surface area (Å²) in [7, 11) is 0. The number of allylic oxidation sites excluding steroid dienone is 4. The van der Waals surface area contributed by atoms with Crippen molar-refractivity contribution in [3.05, 3.63) is 89.0 Å². The fourth-order valence-corrected chi connectivity index (χ4v) is 13.6. The normalized spacial score (nSPS) is 29.6. The smallest absolute Gasteiger partial charge is 0.407 e. The van der Waals surface area contributed by atoms with Gasteiger partial charge in [-0.2, -0.15) is 0 Å². The number of unbranched alkanes of at least 4 members (excludes halogenated alkanes) is 1. The molecule has 5 fully saturated rings. The second-order valence-corrected chi connectivity index (χ2v) is 22.4. The highest BCUT2D eigenvalue weighted by Crippen LogP contribution is 2.70. The number of nitrogens with two attached hydrogens (primary N) is 1. The highest BCUT2D eigenvalue weighted by Gasteiger charge is 2.76. The van der Waals surface area contributed by atoms with Crippen molar-refractivity contribution < 1.29 is 76.7 Å². The number of benzene rings is 2. The van der Waals surface area contributed by atoms with Gasteiger partial charge in [-0.15, -0.1) is 0 Å². The molecule has 4 saturated carbocycles. The summed E-state index contributed by atoms with van der Waals surface area (Å²) in [5.74, 6) is -7.78. The molecule has 5 amide bonds. The first kappa shape index (κ1) is 57.7. The molecule has 0 bridgehead atoms. The van der Waals surface area contributed by atoms with Gasteiger partial charge >= 0.3 is 12.1 Å². The van der Waals surface area contributed by atoms with E-state index in [1.165, 1.54) is 31.2 Å². The van der Waals surface area contributed by atoms with Crippen LogP contribution in [0.1, 0.15) is 114 Å². The summed E-state index contributed by atoms with van der Waals surface area (Å²) in [4.78, 5) is 101. The number of aliphatic carboxylic acids is 1. The summed E-state index contributed by atoms with van der Waals surface area (Å²) in [6.45, 7) is 4.02. The summed E-state index contributed by atoms with van der Waals surface area (Å²) in [6.07, 6.45) is 3.09. The van der Waals surface area contributed by atoms with Crippen LogP contribution in [0.4, 0.5) is 19.3 Å². The van der Waals surface area contributed by atoms with E-state index in [0.29, 0.717) is 55.3 Å². The van der Waals surface area contributed by atoms with Crippen LogP contribution in [0.25, 0.3) is 0 Å². The molecule has 0 aromatic heterocycles. The number of hydrogen-bond donors (Lipinski definition) is 9. The molecule has 8 rings (SSSR count). The summed E-state index contributed by atoms with van der Waals surface area (Å²) >= 11 is 0. The molecular weight excluding hydrogens is 1020 g/mol. The minimum atomic E-state index is -3.04. The Labute approximate surface area is 450 Å². The van der Waals surface area contributed by atoms with Gasteiger partial charge in [0.1, 0.15) is 25.3 Å². The van der Waals surface area contributed by atoms with Crippen LogP contribution in [0.15, 0.2) is 72.3 Å². The Morgan fingerprint density at radius 2 is 1.62 bits per heavy atom. The van der Waals surface area contributed by atoms with Gasteiger partial charge in [0.25, 0.3) is 5.92 Å². The third-order valence-electron chi connectivity index (χ3n) is 17.1. The van der Waals surface area contributed by atoms with Gasteiger partial charge in [-0.1, -0.05) is 61.9 Å². The minimum absolute atomic E-state index is 0.0147. The van der Waals surface area contributed by atoms with Crippen LogP contribution >= 0.6 is 0 Å². The number of aliphatic hydroxyl groups is 2. The first-order valence-corrected chi connectivity index (χ1v) is 26.6. The van der Waals surface area contributed by atoms with E-state index in [1.807, 2.05) is 13.0 Å². The maximum atomic E-state index is 14.6. The summed E-state index contributed by atoms with van der Waals surface area (Å²) in [5.41, 5.74) is 4.03. The third kappa shape index (κ3) is 11.9. The first-order chi connectivity index (χ1) is 36.9. The molecule has 20 nitrogen and oxygen atoms in total. The standard InChI is InChI=1S/C56H70F2N6O14/c1-31(66)61-40(6-4-5-21-59)48(73)60-26-45(70)63-41(17-18-46(71)72)49(74)62-36-14-9-33(10-15-36)28-76-51(75)64-54(29-55(57,58)30-54)24-32-7-11-34(12-8-32)50-77-44-23-39-38-16-13-35-22-37(67)19-20-52(35,2)47(38)42(68)25-53(39,3)56(44,78-50)43(69)27-65/h7-12,14-15,19-20,22,38-42,44,47,50,65,68H,4-6,13,16-18,21,23-30,59H2,1-3H3,(H,60,73)(H,61,66)(H,62,74)(H,63,70)(H,64,75)(H,71,72)/t38-,39-,40-,41-,42-,44+,47+,50?,52-,53-,56+/m0/s1. The van der Waals surface area contributed by atoms with Crippen LogP contribution in [-0.4, -0.2) is 124 Å². The fourth-order valence-electron chi connectivity index (χ4n) is 13.6. The molecule has 10 N–H and O–H groups in total. The second-order valence-electron chi connectivity index (χ2n) is 22.4. The van der Waals surface area contributed by atoms with E-state index in [0.717, 1.165) is 5.57 Å². The van der Waals surface area contributed by atoms with E-state index in [-0.39, 0.29) is 61.5 Å². The molecule has 422 valence electrons. The summed E-state index contributed by atoms with van der Waals surface area (Å²) in [6, 6.07) is 10.6. The highest BCUT2D eigenvalue weighted by atomic mass is 19.3. The van der Waals surface area contributed by atoms with E-state index in [2.05, 4.69) is 33.5 Å². The quantitative estimate of drug-likeness (QED) is 0.0754. The molecule has 78 heavy (non-hydrogen) atoms. The lowest BCUT2D eigenvalue weighted by Crippen LogP contribution is -2.63. The molecule has 1 aliphatic heterocycles. The Balaban J connectivity index is 0.847. The number of anilines is 1. The highest BCUT2D eigenvalue weighted by molar-refractivity contribution is 6.01. The number of rotatable bonds is 22. The Hall–Kier alpha value is -6.46. The molecule has 11 atom stereocenters. The molecule has 0 radical (unpaired) electrons. The van der Waals surface area contributed by atoms with Crippen molar-refractivity contribution in [3.8, 4) is 0 Å². The number of alkyl halides is 2. The van der Waals surface area contributed by atoms with Crippen molar-refractivity contribution in [3.63, 3.8) is 0 Å². The van der Waals surface area contributed by atoms with Gasteiger partial charge in [0.15, 0.2) is 23.5 Å². The summed E-state index contributed by atoms with van der Waals surface area (Å²) in [5, 5.41) is 44.3. The zero-order valence-electron chi connectivity index (χ0n) is 43.9. The summed E-state index contributed by atoms with van der Waals surface area (Å²) < 4.78 is 47.9. The number of Topliss-reactive ketones (excluding diaryl/α,β-unsaturated/α-hetero) is 1. The SMILES string of the molecule is CC(=O)N[C@@H](CCCCN)C(=O)NCC(=O)N[C@@H](CCC(=O)O)C(=O)Nc1ccc(COC(=O)NC2(Cc3ccc(C4O[C@@H]5C[C@H]6[C@@H]7CCC8=CC(=O)C=C[C@]8(C)[C@H]7[C@@H](O)C[C@]6(C)[C@]5(C(=O)CO)O4)cc3)CC(F)(F)C2)cc1. The average molecular weight is 1090 g/mol. The Morgan fingerprint density at radius 3 is 2.27 bits per heavy atom. The number of halogens is 2. The predicted molar refractivity (Wildman–Crippen MR) is 275 cm³/mol. The fraction of sp³-hybridized carbons (Fsp3) is 0.571. The number of carbonyl (C=O) groups is 8. The van der Waals surface area contributed by atoms with Gasteiger partial charge in [-0.25, -0.2) is 13.6 Å². The molecule has 2 aromatic rings. The largest absolute Gasteiger partial charge is 0.481 e.